The van der Waals surface area contributed by atoms with E-state index in [1.165, 1.54) is 11.3 Å². The monoisotopic (exact) mass is 276 g/mol. The summed E-state index contributed by atoms with van der Waals surface area (Å²) in [4.78, 5) is 18.4. The van der Waals surface area contributed by atoms with Gasteiger partial charge >= 0.3 is 0 Å². The van der Waals surface area contributed by atoms with Crippen molar-refractivity contribution in [3.05, 3.63) is 35.0 Å². The van der Waals surface area contributed by atoms with Crippen LogP contribution >= 0.6 is 11.3 Å². The van der Waals surface area contributed by atoms with Crippen molar-refractivity contribution in [2.45, 2.75) is 25.3 Å². The molecule has 0 aliphatic carbocycles. The molecule has 1 amide bonds. The van der Waals surface area contributed by atoms with Crippen LogP contribution in [-0.2, 0) is 11.2 Å². The van der Waals surface area contributed by atoms with E-state index in [4.69, 9.17) is 0 Å². The number of rotatable bonds is 3. The topological polar surface area (TPSA) is 51.0 Å². The van der Waals surface area contributed by atoms with Crippen molar-refractivity contribution >= 4 is 17.2 Å². The molecule has 2 aromatic heterocycles. The largest absolute Gasteiger partial charge is 0.340 e. The second-order valence-corrected chi connectivity index (χ2v) is 5.50. The van der Waals surface area contributed by atoms with Crippen LogP contribution < -0.4 is 0 Å². The van der Waals surface area contributed by atoms with Gasteiger partial charge in [-0.25, -0.2) is 4.98 Å². The summed E-state index contributed by atoms with van der Waals surface area (Å²) in [6, 6.07) is 2.24. The normalized spacial score (nSPS) is 19.6. The van der Waals surface area contributed by atoms with Gasteiger partial charge in [0, 0.05) is 30.9 Å². The van der Waals surface area contributed by atoms with Crippen LogP contribution in [0.3, 0.4) is 0 Å². The lowest BCUT2D eigenvalue weighted by molar-refractivity contribution is -0.132. The maximum absolute atomic E-state index is 12.2. The number of carbonyl (C=O) groups excluding carboxylic acids is 1. The smallest absolute Gasteiger partial charge is 0.228 e. The lowest BCUT2D eigenvalue weighted by atomic mass is 10.1. The second kappa shape index (κ2) is 5.52. The van der Waals surface area contributed by atoms with Crippen molar-refractivity contribution in [1.29, 1.82) is 0 Å². The molecule has 19 heavy (non-hydrogen) atoms. The van der Waals surface area contributed by atoms with Gasteiger partial charge in [0.05, 0.1) is 23.7 Å². The zero-order valence-electron chi connectivity index (χ0n) is 10.6. The Morgan fingerprint density at radius 1 is 1.53 bits per heavy atom. The zero-order valence-corrected chi connectivity index (χ0v) is 11.4. The second-order valence-electron chi connectivity index (χ2n) is 4.78. The Morgan fingerprint density at radius 3 is 3.21 bits per heavy atom. The maximum atomic E-state index is 12.2. The molecule has 0 radical (unpaired) electrons. The molecule has 1 aliphatic heterocycles. The number of hydrogen-bond donors (Lipinski definition) is 0. The molecule has 1 saturated heterocycles. The summed E-state index contributed by atoms with van der Waals surface area (Å²) in [5.41, 5.74) is 2.64. The fourth-order valence-electron chi connectivity index (χ4n) is 2.49. The average molecular weight is 276 g/mol. The highest BCUT2D eigenvalue weighted by Crippen LogP contribution is 2.21. The van der Waals surface area contributed by atoms with E-state index in [1.54, 1.807) is 11.7 Å². The molecule has 1 aliphatic rings. The van der Waals surface area contributed by atoms with Gasteiger partial charge in [0.15, 0.2) is 0 Å². The van der Waals surface area contributed by atoms with E-state index in [0.717, 1.165) is 31.6 Å². The number of hydrogen-bond acceptors (Lipinski definition) is 4. The van der Waals surface area contributed by atoms with E-state index in [0.29, 0.717) is 12.5 Å². The minimum absolute atomic E-state index is 0.169. The quantitative estimate of drug-likeness (QED) is 0.858. The van der Waals surface area contributed by atoms with E-state index >= 15 is 0 Å². The number of carbonyl (C=O) groups is 1. The van der Waals surface area contributed by atoms with E-state index in [1.807, 2.05) is 27.2 Å². The number of nitrogens with zero attached hydrogens (tertiary/aromatic N) is 4. The minimum atomic E-state index is 0.169. The van der Waals surface area contributed by atoms with E-state index in [2.05, 4.69) is 10.1 Å². The molecule has 0 spiro atoms. The Hall–Kier alpha value is -1.69. The predicted octanol–water partition coefficient (Wildman–Crippen LogP) is 1.75. The number of likely N-dealkylation sites (tertiary alicyclic amines) is 1. The van der Waals surface area contributed by atoms with Gasteiger partial charge in [-0.15, -0.1) is 11.3 Å². The molecular formula is C13H16N4OS. The Labute approximate surface area is 115 Å². The number of amides is 1. The van der Waals surface area contributed by atoms with Crippen molar-refractivity contribution in [1.82, 2.24) is 19.7 Å². The lowest BCUT2D eigenvalue weighted by Gasteiger charge is -2.32. The highest BCUT2D eigenvalue weighted by molar-refractivity contribution is 7.07. The van der Waals surface area contributed by atoms with Crippen LogP contribution in [-0.4, -0.2) is 38.7 Å². The average Bonchev–Trinajstić information content (AvgIpc) is 3.12. The van der Waals surface area contributed by atoms with Crippen LogP contribution in [0.5, 0.6) is 0 Å². The number of thiazole rings is 1. The van der Waals surface area contributed by atoms with Crippen molar-refractivity contribution in [2.24, 2.45) is 0 Å². The third kappa shape index (κ3) is 2.84. The molecule has 0 saturated carbocycles. The van der Waals surface area contributed by atoms with Gasteiger partial charge in [0.1, 0.15) is 0 Å². The lowest BCUT2D eigenvalue weighted by Crippen LogP contribution is -2.41. The Kier molecular flexibility index (Phi) is 3.59. The zero-order chi connectivity index (χ0) is 13.1. The summed E-state index contributed by atoms with van der Waals surface area (Å²) in [5, 5.41) is 6.21. The van der Waals surface area contributed by atoms with Crippen LogP contribution in [0.15, 0.2) is 29.4 Å². The van der Waals surface area contributed by atoms with Gasteiger partial charge < -0.3 is 4.90 Å². The Balaban J connectivity index is 1.63. The minimum Gasteiger partial charge on any atom is -0.340 e. The molecule has 1 fully saturated rings. The summed E-state index contributed by atoms with van der Waals surface area (Å²) >= 11 is 1.53. The first kappa shape index (κ1) is 12.3. The van der Waals surface area contributed by atoms with Gasteiger partial charge in [-0.3, -0.25) is 9.48 Å². The number of aromatic nitrogens is 3. The predicted molar refractivity (Wildman–Crippen MR) is 72.9 cm³/mol. The standard InChI is InChI=1S/C13H16N4OS/c18-13(7-11-9-19-10-14-11)16-5-1-3-12(8-16)17-6-2-4-15-17/h2,4,6,9-10,12H,1,3,5,7-8H2. The maximum Gasteiger partial charge on any atom is 0.228 e. The molecule has 100 valence electrons. The molecule has 3 rings (SSSR count). The van der Waals surface area contributed by atoms with E-state index in [-0.39, 0.29) is 5.91 Å². The highest BCUT2D eigenvalue weighted by Gasteiger charge is 2.25. The highest BCUT2D eigenvalue weighted by atomic mass is 32.1. The van der Waals surface area contributed by atoms with Crippen molar-refractivity contribution in [2.75, 3.05) is 13.1 Å². The van der Waals surface area contributed by atoms with Crippen molar-refractivity contribution in [3.63, 3.8) is 0 Å². The first-order valence-corrected chi connectivity index (χ1v) is 7.41. The first-order valence-electron chi connectivity index (χ1n) is 6.47. The van der Waals surface area contributed by atoms with Crippen LogP contribution in [0.2, 0.25) is 0 Å². The van der Waals surface area contributed by atoms with Crippen LogP contribution in [0, 0.1) is 0 Å². The summed E-state index contributed by atoms with van der Waals surface area (Å²) in [6.45, 7) is 1.60. The van der Waals surface area contributed by atoms with E-state index in [9.17, 15) is 4.79 Å². The fraction of sp³-hybridized carbons (Fsp3) is 0.462. The number of piperidine rings is 1. The molecule has 1 unspecified atom stereocenters. The molecule has 0 aromatic carbocycles. The Bertz CT molecular complexity index is 523. The van der Waals surface area contributed by atoms with Crippen molar-refractivity contribution in [3.8, 4) is 0 Å². The molecule has 2 aromatic rings. The molecule has 3 heterocycles. The van der Waals surface area contributed by atoms with Gasteiger partial charge in [0.25, 0.3) is 0 Å². The molecule has 0 N–H and O–H groups in total. The third-order valence-electron chi connectivity index (χ3n) is 3.46. The SMILES string of the molecule is O=C(Cc1cscn1)N1CCCC(n2cccn2)C1. The van der Waals surface area contributed by atoms with Gasteiger partial charge in [0.2, 0.25) is 5.91 Å². The van der Waals surface area contributed by atoms with Crippen LogP contribution in [0.1, 0.15) is 24.6 Å². The summed E-state index contributed by atoms with van der Waals surface area (Å²) in [6.07, 6.45) is 6.29. The third-order valence-corrected chi connectivity index (χ3v) is 4.10. The molecular weight excluding hydrogens is 260 g/mol. The van der Waals surface area contributed by atoms with Crippen LogP contribution in [0.4, 0.5) is 0 Å². The summed E-state index contributed by atoms with van der Waals surface area (Å²) < 4.78 is 1.96. The molecule has 0 bridgehead atoms. The van der Waals surface area contributed by atoms with Gasteiger partial charge in [-0.2, -0.15) is 5.10 Å². The van der Waals surface area contributed by atoms with Crippen molar-refractivity contribution < 1.29 is 4.79 Å². The van der Waals surface area contributed by atoms with Gasteiger partial charge in [-0.05, 0) is 18.9 Å². The van der Waals surface area contributed by atoms with E-state index < -0.39 is 0 Å². The Morgan fingerprint density at radius 2 is 2.47 bits per heavy atom. The summed E-state index contributed by atoms with van der Waals surface area (Å²) in [5.74, 6) is 0.169. The molecule has 1 atom stereocenters. The first-order chi connectivity index (χ1) is 9.33. The summed E-state index contributed by atoms with van der Waals surface area (Å²) in [7, 11) is 0. The fourth-order valence-corrected chi connectivity index (χ4v) is 3.04. The molecule has 6 heteroatoms. The van der Waals surface area contributed by atoms with Gasteiger partial charge in [-0.1, -0.05) is 0 Å². The molecule has 5 nitrogen and oxygen atoms in total. The van der Waals surface area contributed by atoms with Crippen LogP contribution in [0.25, 0.3) is 0 Å².